The fraction of sp³-hybridized carbons (Fsp3) is 0.130. The Balaban J connectivity index is 1.30. The van der Waals surface area contributed by atoms with Gasteiger partial charge in [-0.1, -0.05) is 162 Å². The molecule has 9 rings (SSSR count). The molecule has 0 heterocycles. The van der Waals surface area contributed by atoms with Gasteiger partial charge in [0, 0.05) is 10.8 Å². The van der Waals surface area contributed by atoms with Gasteiger partial charge in [0.1, 0.15) is 0 Å². The van der Waals surface area contributed by atoms with Crippen LogP contribution in [0.15, 0.2) is 134 Å². The maximum absolute atomic E-state index is 4.04. The minimum atomic E-state index is -0.118. The normalized spacial score (nSPS) is 15.7. The van der Waals surface area contributed by atoms with Crippen LogP contribution in [0, 0.1) is 0 Å². The highest BCUT2D eigenvalue weighted by Crippen LogP contribution is 2.63. The third kappa shape index (κ3) is 3.50. The molecule has 0 aliphatic heterocycles. The van der Waals surface area contributed by atoms with Crippen molar-refractivity contribution in [1.82, 2.24) is 0 Å². The highest BCUT2D eigenvalue weighted by atomic mass is 14.5. The van der Waals surface area contributed by atoms with Crippen molar-refractivity contribution in [3.05, 3.63) is 162 Å². The number of hydrogen-bond donors (Lipinski definition) is 0. The Morgan fingerprint density at radius 2 is 0.957 bits per heavy atom. The first-order chi connectivity index (χ1) is 22.3. The molecule has 0 fully saturated rings. The molecule has 0 heteroatoms. The molecule has 0 atom stereocenters. The number of benzene rings is 7. The summed E-state index contributed by atoms with van der Waals surface area (Å²) in [6, 6.07) is 47.7. The van der Waals surface area contributed by atoms with Crippen LogP contribution in [-0.4, -0.2) is 0 Å². The van der Waals surface area contributed by atoms with E-state index in [9.17, 15) is 0 Å². The van der Waals surface area contributed by atoms with Crippen LogP contribution in [0.5, 0.6) is 0 Å². The lowest BCUT2D eigenvalue weighted by Crippen LogP contribution is -2.19. The third-order valence-electron chi connectivity index (χ3n) is 11.0. The fourth-order valence-electron chi connectivity index (χ4n) is 8.87. The van der Waals surface area contributed by atoms with Crippen molar-refractivity contribution in [3.63, 3.8) is 0 Å². The van der Waals surface area contributed by atoms with Gasteiger partial charge in [0.15, 0.2) is 0 Å². The van der Waals surface area contributed by atoms with E-state index in [1.54, 1.807) is 0 Å². The van der Waals surface area contributed by atoms with Gasteiger partial charge < -0.3 is 0 Å². The molecular formula is C46H36. The molecule has 0 aromatic heterocycles. The van der Waals surface area contributed by atoms with Crippen molar-refractivity contribution < 1.29 is 0 Å². The van der Waals surface area contributed by atoms with Crippen LogP contribution >= 0.6 is 0 Å². The predicted molar refractivity (Wildman–Crippen MR) is 199 cm³/mol. The molecular weight excluding hydrogens is 553 g/mol. The van der Waals surface area contributed by atoms with Gasteiger partial charge in [-0.2, -0.15) is 0 Å². The molecule has 2 aliphatic carbocycles. The van der Waals surface area contributed by atoms with Gasteiger partial charge in [-0.05, 0) is 99.6 Å². The van der Waals surface area contributed by atoms with Crippen molar-refractivity contribution in [2.45, 2.75) is 38.5 Å². The zero-order valence-corrected chi connectivity index (χ0v) is 26.9. The van der Waals surface area contributed by atoms with Crippen LogP contribution in [0.25, 0.3) is 71.8 Å². The second-order valence-corrected chi connectivity index (χ2v) is 14.1. The lowest BCUT2D eigenvalue weighted by molar-refractivity contribution is 0.694. The molecule has 0 N–H and O–H groups in total. The van der Waals surface area contributed by atoms with Crippen molar-refractivity contribution in [1.29, 1.82) is 0 Å². The Bertz CT molecular complexity index is 2420. The smallest absolute Gasteiger partial charge is 0.0162 e. The van der Waals surface area contributed by atoms with E-state index in [1.165, 1.54) is 93.5 Å². The SMILES string of the molecule is C=Cc1ccc2c(c1)C(C)(C)C1=C2C(C)(C)c2cc(-c3c4ccccc4c(-c4cccc5ccccc45)c4ccccc34)ccc21. The second-order valence-electron chi connectivity index (χ2n) is 14.1. The monoisotopic (exact) mass is 588 g/mol. The van der Waals surface area contributed by atoms with Crippen molar-refractivity contribution in [2.24, 2.45) is 0 Å². The first-order valence-corrected chi connectivity index (χ1v) is 16.4. The summed E-state index contributed by atoms with van der Waals surface area (Å²) in [4.78, 5) is 0. The summed E-state index contributed by atoms with van der Waals surface area (Å²) >= 11 is 0. The number of hydrogen-bond acceptors (Lipinski definition) is 0. The zero-order valence-electron chi connectivity index (χ0n) is 26.9. The molecule has 46 heavy (non-hydrogen) atoms. The number of allylic oxidation sites excluding steroid dienone is 2. The van der Waals surface area contributed by atoms with E-state index in [0.717, 1.165) is 0 Å². The van der Waals surface area contributed by atoms with E-state index < -0.39 is 0 Å². The van der Waals surface area contributed by atoms with Gasteiger partial charge in [0.05, 0.1) is 0 Å². The van der Waals surface area contributed by atoms with Crippen LogP contribution in [0.3, 0.4) is 0 Å². The first-order valence-electron chi connectivity index (χ1n) is 16.4. The Morgan fingerprint density at radius 1 is 0.457 bits per heavy atom. The minimum absolute atomic E-state index is 0.0762. The van der Waals surface area contributed by atoms with Gasteiger partial charge in [-0.3, -0.25) is 0 Å². The van der Waals surface area contributed by atoms with Crippen LogP contribution in [0.1, 0.15) is 55.5 Å². The Labute approximate surface area is 271 Å². The molecule has 0 saturated carbocycles. The van der Waals surface area contributed by atoms with E-state index in [1.807, 2.05) is 6.08 Å². The average molecular weight is 589 g/mol. The zero-order chi connectivity index (χ0) is 31.4. The molecule has 0 nitrogen and oxygen atoms in total. The summed E-state index contributed by atoms with van der Waals surface area (Å²) in [6.45, 7) is 13.7. The molecule has 0 spiro atoms. The molecule has 0 amide bonds. The maximum Gasteiger partial charge on any atom is 0.0162 e. The van der Waals surface area contributed by atoms with Crippen LogP contribution in [0.4, 0.5) is 0 Å². The molecule has 7 aromatic rings. The quantitative estimate of drug-likeness (QED) is 0.180. The first kappa shape index (κ1) is 27.1. The van der Waals surface area contributed by atoms with E-state index in [0.29, 0.717) is 0 Å². The molecule has 0 saturated heterocycles. The molecule has 0 radical (unpaired) electrons. The van der Waals surface area contributed by atoms with Crippen LogP contribution in [-0.2, 0) is 10.8 Å². The van der Waals surface area contributed by atoms with E-state index in [2.05, 4.69) is 162 Å². The summed E-state index contributed by atoms with van der Waals surface area (Å²) < 4.78 is 0. The molecule has 2 aliphatic rings. The summed E-state index contributed by atoms with van der Waals surface area (Å²) in [7, 11) is 0. The van der Waals surface area contributed by atoms with Crippen LogP contribution in [0.2, 0.25) is 0 Å². The molecule has 7 aromatic carbocycles. The number of fused-ring (bicyclic) bond motifs is 7. The minimum Gasteiger partial charge on any atom is -0.0985 e. The number of rotatable bonds is 3. The Hall–Kier alpha value is -5.20. The third-order valence-corrected chi connectivity index (χ3v) is 11.0. The summed E-state index contributed by atoms with van der Waals surface area (Å²) in [5.41, 5.74) is 14.8. The maximum atomic E-state index is 4.04. The predicted octanol–water partition coefficient (Wildman–Crippen LogP) is 12.6. The van der Waals surface area contributed by atoms with Crippen LogP contribution < -0.4 is 0 Å². The molecule has 0 bridgehead atoms. The van der Waals surface area contributed by atoms with Gasteiger partial charge in [0.25, 0.3) is 0 Å². The standard InChI is InChI=1S/C46H36/c1-6-28-22-24-37-39(26-28)45(2,3)44-38-25-23-30(27-40(38)46(4,5)43(37)44)41-33-17-9-11-19-35(33)42(36-20-12-10-18-34(36)41)32-21-13-15-29-14-7-8-16-31(29)32/h6-27H,1H2,2-5H3. The topological polar surface area (TPSA) is 0 Å². The molecule has 220 valence electrons. The Kier molecular flexibility index (Phi) is 5.55. The largest absolute Gasteiger partial charge is 0.0985 e. The highest BCUT2D eigenvalue weighted by molar-refractivity contribution is 6.23. The van der Waals surface area contributed by atoms with E-state index in [4.69, 9.17) is 0 Å². The van der Waals surface area contributed by atoms with Gasteiger partial charge in [-0.25, -0.2) is 0 Å². The van der Waals surface area contributed by atoms with Gasteiger partial charge in [0.2, 0.25) is 0 Å². The lowest BCUT2D eigenvalue weighted by Gasteiger charge is -2.29. The lowest BCUT2D eigenvalue weighted by atomic mass is 9.74. The highest BCUT2D eigenvalue weighted by Gasteiger charge is 2.49. The Morgan fingerprint density at radius 3 is 1.57 bits per heavy atom. The molecule has 0 unspecified atom stereocenters. The summed E-state index contributed by atoms with van der Waals surface area (Å²) in [6.07, 6.45) is 1.96. The van der Waals surface area contributed by atoms with Crippen molar-refractivity contribution in [3.8, 4) is 22.3 Å². The van der Waals surface area contributed by atoms with E-state index in [-0.39, 0.29) is 10.8 Å². The van der Waals surface area contributed by atoms with Gasteiger partial charge >= 0.3 is 0 Å². The van der Waals surface area contributed by atoms with Gasteiger partial charge in [-0.15, -0.1) is 0 Å². The van der Waals surface area contributed by atoms with E-state index >= 15 is 0 Å². The fourth-order valence-corrected chi connectivity index (χ4v) is 8.87. The summed E-state index contributed by atoms with van der Waals surface area (Å²) in [5.74, 6) is 0. The van der Waals surface area contributed by atoms with Crippen molar-refractivity contribution >= 4 is 49.5 Å². The second kappa shape index (κ2) is 9.41. The van der Waals surface area contributed by atoms with Crippen molar-refractivity contribution in [2.75, 3.05) is 0 Å². The summed E-state index contributed by atoms with van der Waals surface area (Å²) in [5, 5.41) is 7.73. The average Bonchev–Trinajstić information content (AvgIpc) is 3.47.